The number of rotatable bonds is 7. The van der Waals surface area contributed by atoms with Crippen molar-refractivity contribution in [2.24, 2.45) is 5.92 Å². The minimum Gasteiger partial charge on any atom is -0.359 e. The minimum atomic E-state index is -3.56. The van der Waals surface area contributed by atoms with Crippen LogP contribution in [-0.4, -0.2) is 72.2 Å². The molecule has 2 heterocycles. The molecule has 0 unspecified atom stereocenters. The molecule has 0 radical (unpaired) electrons. The standard InChI is InChI=1S/C22H31N5O4S/c1-14-4-9-20-19(10-14)22(25-27(20)32(3,30)31)23-11-21(29)24-17-12-26(13-17)18-7-5-16(6-8-18)15(2)28/h4,9-10,16-18H,5-8,11-13H2,1-3H3,(H,23,25)(H,24,29)/t16-,18+. The van der Waals surface area contributed by atoms with Crippen molar-refractivity contribution >= 4 is 38.4 Å². The van der Waals surface area contributed by atoms with Crippen LogP contribution in [0.2, 0.25) is 0 Å². The highest BCUT2D eigenvalue weighted by molar-refractivity contribution is 7.89. The van der Waals surface area contributed by atoms with Crippen LogP contribution in [0.15, 0.2) is 18.2 Å². The van der Waals surface area contributed by atoms with Gasteiger partial charge in [0.25, 0.3) is 10.0 Å². The molecule has 2 aliphatic rings. The van der Waals surface area contributed by atoms with Gasteiger partial charge in [-0.05, 0) is 51.7 Å². The molecule has 0 atom stereocenters. The first-order valence-corrected chi connectivity index (χ1v) is 12.9. The number of ketones is 1. The first-order chi connectivity index (χ1) is 15.1. The van der Waals surface area contributed by atoms with E-state index in [-0.39, 0.29) is 24.4 Å². The third kappa shape index (κ3) is 4.80. The largest absolute Gasteiger partial charge is 0.359 e. The van der Waals surface area contributed by atoms with Crippen LogP contribution in [0.3, 0.4) is 0 Å². The molecule has 1 saturated heterocycles. The fraction of sp³-hybridized carbons (Fsp3) is 0.591. The van der Waals surface area contributed by atoms with Gasteiger partial charge in [-0.3, -0.25) is 14.5 Å². The van der Waals surface area contributed by atoms with Gasteiger partial charge in [-0.1, -0.05) is 11.6 Å². The van der Waals surface area contributed by atoms with Gasteiger partial charge < -0.3 is 10.6 Å². The van der Waals surface area contributed by atoms with E-state index in [9.17, 15) is 18.0 Å². The van der Waals surface area contributed by atoms with Crippen LogP contribution in [0.1, 0.15) is 38.2 Å². The lowest BCUT2D eigenvalue weighted by molar-refractivity contribution is -0.123. The summed E-state index contributed by atoms with van der Waals surface area (Å²) >= 11 is 0. The van der Waals surface area contributed by atoms with Crippen LogP contribution in [0.4, 0.5) is 5.82 Å². The van der Waals surface area contributed by atoms with Gasteiger partial charge in [0.15, 0.2) is 5.82 Å². The number of nitrogens with zero attached hydrogens (tertiary/aromatic N) is 3. The van der Waals surface area contributed by atoms with Crippen molar-refractivity contribution < 1.29 is 18.0 Å². The molecule has 2 aromatic rings. The topological polar surface area (TPSA) is 113 Å². The Morgan fingerprint density at radius 2 is 1.84 bits per heavy atom. The third-order valence-corrected chi connectivity index (χ3v) is 7.50. The Morgan fingerprint density at radius 3 is 2.47 bits per heavy atom. The van der Waals surface area contributed by atoms with Crippen molar-refractivity contribution in [2.75, 3.05) is 31.2 Å². The molecule has 1 aromatic carbocycles. The summed E-state index contributed by atoms with van der Waals surface area (Å²) in [5, 5.41) is 10.9. The highest BCUT2D eigenvalue weighted by Crippen LogP contribution is 2.30. The smallest absolute Gasteiger partial charge is 0.251 e. The number of nitrogens with one attached hydrogen (secondary N) is 2. The average molecular weight is 462 g/mol. The Bertz CT molecular complexity index is 1130. The number of fused-ring (bicyclic) bond motifs is 1. The lowest BCUT2D eigenvalue weighted by atomic mass is 9.82. The number of hydrogen-bond acceptors (Lipinski definition) is 7. The Hall–Kier alpha value is -2.46. The van der Waals surface area contributed by atoms with Gasteiger partial charge in [0, 0.05) is 30.4 Å². The molecule has 0 bridgehead atoms. The average Bonchev–Trinajstić information content (AvgIpc) is 3.07. The molecule has 10 heteroatoms. The zero-order valence-electron chi connectivity index (χ0n) is 18.8. The molecule has 2 N–H and O–H groups in total. The van der Waals surface area contributed by atoms with Gasteiger partial charge in [0.2, 0.25) is 5.91 Å². The van der Waals surface area contributed by atoms with Crippen LogP contribution in [-0.2, 0) is 19.6 Å². The lowest BCUT2D eigenvalue weighted by Gasteiger charge is -2.46. The molecule has 2 fully saturated rings. The molecular weight excluding hydrogens is 430 g/mol. The van der Waals surface area contributed by atoms with Crippen LogP contribution in [0.25, 0.3) is 10.9 Å². The normalized spacial score (nSPS) is 22.5. The second-order valence-corrected chi connectivity index (χ2v) is 11.0. The number of carbonyl (C=O) groups excluding carboxylic acids is 2. The minimum absolute atomic E-state index is 0.0179. The summed E-state index contributed by atoms with van der Waals surface area (Å²) in [5.41, 5.74) is 1.46. The molecule has 1 saturated carbocycles. The van der Waals surface area contributed by atoms with E-state index < -0.39 is 10.0 Å². The molecule has 1 amide bonds. The SMILES string of the molecule is Cc1ccc2c(c1)c(NCC(=O)NC1CN([C@H]3CC[C@@H](C(C)=O)CC3)C1)nn2S(C)(=O)=O. The summed E-state index contributed by atoms with van der Waals surface area (Å²) in [6.45, 7) is 5.27. The van der Waals surface area contributed by atoms with Gasteiger partial charge in [-0.25, -0.2) is 8.42 Å². The van der Waals surface area contributed by atoms with Crippen LogP contribution < -0.4 is 10.6 Å². The second-order valence-electron chi connectivity index (χ2n) is 9.16. The first-order valence-electron chi connectivity index (χ1n) is 11.1. The van der Waals surface area contributed by atoms with Crippen molar-refractivity contribution in [3.63, 3.8) is 0 Å². The summed E-state index contributed by atoms with van der Waals surface area (Å²) in [5.74, 6) is 0.750. The number of amides is 1. The summed E-state index contributed by atoms with van der Waals surface area (Å²) < 4.78 is 25.1. The number of likely N-dealkylation sites (tertiary alicyclic amines) is 1. The van der Waals surface area contributed by atoms with Crippen molar-refractivity contribution in [1.82, 2.24) is 19.4 Å². The summed E-state index contributed by atoms with van der Waals surface area (Å²) in [6.07, 6.45) is 5.12. The van der Waals surface area contributed by atoms with Crippen molar-refractivity contribution in [3.8, 4) is 0 Å². The maximum absolute atomic E-state index is 12.4. The van der Waals surface area contributed by atoms with Crippen LogP contribution in [0.5, 0.6) is 0 Å². The maximum atomic E-state index is 12.4. The van der Waals surface area contributed by atoms with Crippen molar-refractivity contribution in [1.29, 1.82) is 0 Å². The number of hydrogen-bond donors (Lipinski definition) is 2. The summed E-state index contributed by atoms with van der Waals surface area (Å²) in [6, 6.07) is 6.02. The molecule has 1 aliphatic carbocycles. The molecule has 4 rings (SSSR count). The number of carbonyl (C=O) groups is 2. The number of benzene rings is 1. The van der Waals surface area contributed by atoms with Crippen LogP contribution >= 0.6 is 0 Å². The molecule has 1 aliphatic heterocycles. The van der Waals surface area contributed by atoms with Crippen molar-refractivity contribution in [3.05, 3.63) is 23.8 Å². The predicted octanol–water partition coefficient (Wildman–Crippen LogP) is 1.51. The first kappa shape index (κ1) is 22.7. The van der Waals surface area contributed by atoms with E-state index in [1.165, 1.54) is 0 Å². The fourth-order valence-electron chi connectivity index (χ4n) is 4.78. The monoisotopic (exact) mass is 461 g/mol. The zero-order valence-corrected chi connectivity index (χ0v) is 19.6. The van der Waals surface area contributed by atoms with E-state index in [0.717, 1.165) is 54.7 Å². The van der Waals surface area contributed by atoms with Crippen LogP contribution in [0, 0.1) is 12.8 Å². The molecular formula is C22H31N5O4S. The number of Topliss-reactive ketones (excluding diaryl/α,β-unsaturated/α-hetero) is 1. The maximum Gasteiger partial charge on any atom is 0.251 e. The molecule has 1 aromatic heterocycles. The summed E-state index contributed by atoms with van der Waals surface area (Å²) in [7, 11) is -3.56. The molecule has 0 spiro atoms. The quantitative estimate of drug-likeness (QED) is 0.643. The Kier molecular flexibility index (Phi) is 6.26. The van der Waals surface area contributed by atoms with E-state index in [1.54, 1.807) is 13.0 Å². The van der Waals surface area contributed by atoms with E-state index >= 15 is 0 Å². The van der Waals surface area contributed by atoms with Gasteiger partial charge in [-0.15, -0.1) is 5.10 Å². The summed E-state index contributed by atoms with van der Waals surface area (Å²) in [4.78, 5) is 26.4. The molecule has 9 nitrogen and oxygen atoms in total. The number of aryl methyl sites for hydroxylation is 1. The van der Waals surface area contributed by atoms with E-state index in [2.05, 4.69) is 20.6 Å². The van der Waals surface area contributed by atoms with Gasteiger partial charge >= 0.3 is 0 Å². The number of anilines is 1. The van der Waals surface area contributed by atoms with Gasteiger partial charge in [-0.2, -0.15) is 4.09 Å². The van der Waals surface area contributed by atoms with Gasteiger partial charge in [0.05, 0.1) is 24.4 Å². The highest BCUT2D eigenvalue weighted by atomic mass is 32.2. The molecule has 32 heavy (non-hydrogen) atoms. The Balaban J connectivity index is 1.29. The van der Waals surface area contributed by atoms with E-state index in [4.69, 9.17) is 0 Å². The van der Waals surface area contributed by atoms with Crippen molar-refractivity contribution in [2.45, 2.75) is 51.6 Å². The highest BCUT2D eigenvalue weighted by Gasteiger charge is 2.35. The zero-order chi connectivity index (χ0) is 23.0. The predicted molar refractivity (Wildman–Crippen MR) is 123 cm³/mol. The number of aromatic nitrogens is 2. The van der Waals surface area contributed by atoms with E-state index in [0.29, 0.717) is 28.5 Å². The third-order valence-electron chi connectivity index (χ3n) is 6.60. The van der Waals surface area contributed by atoms with E-state index in [1.807, 2.05) is 19.1 Å². The fourth-order valence-corrected chi connectivity index (χ4v) is 5.53. The van der Waals surface area contributed by atoms with Gasteiger partial charge in [0.1, 0.15) is 5.78 Å². The lowest BCUT2D eigenvalue weighted by Crippen LogP contribution is -2.63. The second kappa shape index (κ2) is 8.82. The Morgan fingerprint density at radius 1 is 1.16 bits per heavy atom. The molecule has 174 valence electrons. The Labute approximate surface area is 188 Å².